The normalized spacial score (nSPS) is 26.9. The number of methoxy groups -OCH3 is 1. The molecule has 0 aromatic heterocycles. The standard InChI is InChI=1S/C17H24N2O3.ClH/c1-21-15-5-3-2-4-14(15)12-8-9-19(11-12)17(20)16-7-6-13(10-18)22-16;/h2-5,12-13,16H,6-11,18H2,1H3;1H/t12?,13-,16+;/m1./s1. The van der Waals surface area contributed by atoms with Gasteiger partial charge in [0.15, 0.2) is 0 Å². The zero-order valence-corrected chi connectivity index (χ0v) is 14.3. The summed E-state index contributed by atoms with van der Waals surface area (Å²) >= 11 is 0. The first-order valence-corrected chi connectivity index (χ1v) is 8.00. The van der Waals surface area contributed by atoms with Crippen LogP contribution < -0.4 is 10.5 Å². The Labute approximate surface area is 143 Å². The van der Waals surface area contributed by atoms with Gasteiger partial charge in [0.05, 0.1) is 13.2 Å². The molecule has 2 aliphatic rings. The SMILES string of the molecule is COc1ccccc1C1CCN(C(=O)[C@@H]2CC[C@H](CN)O2)C1.Cl. The fourth-order valence-corrected chi connectivity index (χ4v) is 3.48. The third-order valence-corrected chi connectivity index (χ3v) is 4.72. The van der Waals surface area contributed by atoms with Crippen LogP contribution in [0, 0.1) is 0 Å². The van der Waals surface area contributed by atoms with Crippen molar-refractivity contribution < 1.29 is 14.3 Å². The molecule has 0 aliphatic carbocycles. The van der Waals surface area contributed by atoms with E-state index in [1.807, 2.05) is 23.1 Å². The third kappa shape index (κ3) is 3.79. The predicted molar refractivity (Wildman–Crippen MR) is 91.1 cm³/mol. The number of amides is 1. The number of nitrogens with two attached hydrogens (primary N) is 1. The van der Waals surface area contributed by atoms with Crippen LogP contribution in [-0.4, -0.2) is 49.8 Å². The minimum Gasteiger partial charge on any atom is -0.496 e. The molecule has 1 aromatic carbocycles. The topological polar surface area (TPSA) is 64.8 Å². The first kappa shape index (κ1) is 18.0. The molecule has 2 heterocycles. The number of hydrogen-bond donors (Lipinski definition) is 1. The molecule has 1 unspecified atom stereocenters. The van der Waals surface area contributed by atoms with Crippen molar-refractivity contribution in [3.8, 4) is 5.75 Å². The molecular formula is C17H25ClN2O3. The van der Waals surface area contributed by atoms with E-state index in [1.54, 1.807) is 7.11 Å². The van der Waals surface area contributed by atoms with Gasteiger partial charge < -0.3 is 20.1 Å². The molecule has 0 spiro atoms. The monoisotopic (exact) mass is 340 g/mol. The van der Waals surface area contributed by atoms with E-state index in [0.29, 0.717) is 12.5 Å². The van der Waals surface area contributed by atoms with Gasteiger partial charge in [-0.05, 0) is 30.9 Å². The molecule has 3 atom stereocenters. The minimum atomic E-state index is -0.301. The highest BCUT2D eigenvalue weighted by Crippen LogP contribution is 2.34. The maximum atomic E-state index is 12.6. The maximum absolute atomic E-state index is 12.6. The lowest BCUT2D eigenvalue weighted by molar-refractivity contribution is -0.141. The van der Waals surface area contributed by atoms with Gasteiger partial charge in [-0.25, -0.2) is 0 Å². The van der Waals surface area contributed by atoms with Gasteiger partial charge in [-0.2, -0.15) is 0 Å². The quantitative estimate of drug-likeness (QED) is 0.909. The summed E-state index contributed by atoms with van der Waals surface area (Å²) in [4.78, 5) is 14.5. The number of carbonyl (C=O) groups excluding carboxylic acids is 1. The Kier molecular flexibility index (Phi) is 6.27. The summed E-state index contributed by atoms with van der Waals surface area (Å²) in [6.07, 6.45) is 2.39. The van der Waals surface area contributed by atoms with E-state index in [4.69, 9.17) is 15.2 Å². The van der Waals surface area contributed by atoms with Crippen LogP contribution in [0.5, 0.6) is 5.75 Å². The molecule has 1 amide bonds. The number of benzene rings is 1. The predicted octanol–water partition coefficient (Wildman–Crippen LogP) is 1.94. The zero-order chi connectivity index (χ0) is 15.5. The molecule has 128 valence electrons. The summed E-state index contributed by atoms with van der Waals surface area (Å²) in [5, 5.41) is 0. The molecule has 2 aliphatic heterocycles. The van der Waals surface area contributed by atoms with Crippen molar-refractivity contribution in [3.63, 3.8) is 0 Å². The minimum absolute atomic E-state index is 0. The average molecular weight is 341 g/mol. The first-order chi connectivity index (χ1) is 10.7. The van der Waals surface area contributed by atoms with Gasteiger partial charge in [0.2, 0.25) is 0 Å². The Morgan fingerprint density at radius 2 is 2.13 bits per heavy atom. The van der Waals surface area contributed by atoms with Gasteiger partial charge in [-0.3, -0.25) is 4.79 Å². The van der Waals surface area contributed by atoms with Gasteiger partial charge in [-0.15, -0.1) is 12.4 Å². The van der Waals surface area contributed by atoms with Crippen molar-refractivity contribution in [3.05, 3.63) is 29.8 Å². The molecule has 6 heteroatoms. The molecular weight excluding hydrogens is 316 g/mol. The van der Waals surface area contributed by atoms with E-state index in [2.05, 4.69) is 6.07 Å². The number of likely N-dealkylation sites (tertiary alicyclic amines) is 1. The van der Waals surface area contributed by atoms with Crippen LogP contribution in [0.1, 0.15) is 30.7 Å². The number of hydrogen-bond acceptors (Lipinski definition) is 4. The zero-order valence-electron chi connectivity index (χ0n) is 13.4. The number of nitrogens with zero attached hydrogens (tertiary/aromatic N) is 1. The fraction of sp³-hybridized carbons (Fsp3) is 0.588. The van der Waals surface area contributed by atoms with Gasteiger partial charge >= 0.3 is 0 Å². The summed E-state index contributed by atoms with van der Waals surface area (Å²) in [6.45, 7) is 2.02. The van der Waals surface area contributed by atoms with Crippen LogP contribution >= 0.6 is 12.4 Å². The second-order valence-electron chi connectivity index (χ2n) is 6.07. The fourth-order valence-electron chi connectivity index (χ4n) is 3.48. The van der Waals surface area contributed by atoms with E-state index in [1.165, 1.54) is 5.56 Å². The van der Waals surface area contributed by atoms with E-state index < -0.39 is 0 Å². The number of ether oxygens (including phenoxy) is 2. The third-order valence-electron chi connectivity index (χ3n) is 4.72. The van der Waals surface area contributed by atoms with Crippen molar-refractivity contribution in [2.24, 2.45) is 5.73 Å². The highest BCUT2D eigenvalue weighted by Gasteiger charge is 2.36. The Balaban J connectivity index is 0.00000192. The lowest BCUT2D eigenvalue weighted by Crippen LogP contribution is -2.38. The lowest BCUT2D eigenvalue weighted by atomic mass is 9.97. The first-order valence-electron chi connectivity index (χ1n) is 8.00. The highest BCUT2D eigenvalue weighted by atomic mass is 35.5. The number of rotatable bonds is 4. The molecule has 2 fully saturated rings. The summed E-state index contributed by atoms with van der Waals surface area (Å²) in [5.41, 5.74) is 6.80. The number of halogens is 1. The second-order valence-corrected chi connectivity index (χ2v) is 6.07. The molecule has 0 radical (unpaired) electrons. The lowest BCUT2D eigenvalue weighted by Gasteiger charge is -2.21. The van der Waals surface area contributed by atoms with E-state index in [9.17, 15) is 4.79 Å². The molecule has 1 aromatic rings. The van der Waals surface area contributed by atoms with Crippen LogP contribution in [0.4, 0.5) is 0 Å². The summed E-state index contributed by atoms with van der Waals surface area (Å²) in [7, 11) is 1.69. The summed E-state index contributed by atoms with van der Waals surface area (Å²) < 4.78 is 11.2. The summed E-state index contributed by atoms with van der Waals surface area (Å²) in [6, 6.07) is 8.06. The van der Waals surface area contributed by atoms with Crippen molar-refractivity contribution >= 4 is 18.3 Å². The van der Waals surface area contributed by atoms with Crippen molar-refractivity contribution in [2.75, 3.05) is 26.7 Å². The van der Waals surface area contributed by atoms with E-state index in [-0.39, 0.29) is 30.5 Å². The Bertz CT molecular complexity index is 540. The van der Waals surface area contributed by atoms with E-state index >= 15 is 0 Å². The Morgan fingerprint density at radius 1 is 1.35 bits per heavy atom. The van der Waals surface area contributed by atoms with Crippen molar-refractivity contribution in [1.29, 1.82) is 0 Å². The van der Waals surface area contributed by atoms with Crippen molar-refractivity contribution in [2.45, 2.75) is 37.4 Å². The van der Waals surface area contributed by atoms with Gasteiger partial charge in [0, 0.05) is 25.6 Å². The molecule has 2 N–H and O–H groups in total. The molecule has 5 nitrogen and oxygen atoms in total. The number of carbonyl (C=O) groups is 1. The number of para-hydroxylation sites is 1. The molecule has 3 rings (SSSR count). The van der Waals surface area contributed by atoms with Gasteiger partial charge in [0.1, 0.15) is 11.9 Å². The van der Waals surface area contributed by atoms with Crippen molar-refractivity contribution in [1.82, 2.24) is 4.90 Å². The smallest absolute Gasteiger partial charge is 0.251 e. The highest BCUT2D eigenvalue weighted by molar-refractivity contribution is 5.85. The summed E-state index contributed by atoms with van der Waals surface area (Å²) in [5.74, 6) is 1.36. The maximum Gasteiger partial charge on any atom is 0.251 e. The second kappa shape index (κ2) is 7.99. The van der Waals surface area contributed by atoms with Crippen LogP contribution in [0.3, 0.4) is 0 Å². The van der Waals surface area contributed by atoms with E-state index in [0.717, 1.165) is 38.1 Å². The van der Waals surface area contributed by atoms with Crippen LogP contribution in [-0.2, 0) is 9.53 Å². The Hall–Kier alpha value is -1.30. The van der Waals surface area contributed by atoms with Gasteiger partial charge in [0.25, 0.3) is 5.91 Å². The molecule has 0 bridgehead atoms. The average Bonchev–Trinajstić information content (AvgIpc) is 3.23. The largest absolute Gasteiger partial charge is 0.496 e. The molecule has 0 saturated carbocycles. The molecule has 23 heavy (non-hydrogen) atoms. The Morgan fingerprint density at radius 3 is 2.83 bits per heavy atom. The molecule has 2 saturated heterocycles. The van der Waals surface area contributed by atoms with Crippen LogP contribution in [0.15, 0.2) is 24.3 Å². The van der Waals surface area contributed by atoms with Gasteiger partial charge in [-0.1, -0.05) is 18.2 Å². The van der Waals surface area contributed by atoms with Crippen LogP contribution in [0.25, 0.3) is 0 Å². The van der Waals surface area contributed by atoms with Crippen LogP contribution in [0.2, 0.25) is 0 Å².